The van der Waals surface area contributed by atoms with Crippen molar-refractivity contribution in [1.82, 2.24) is 0 Å². The average Bonchev–Trinajstić information content (AvgIpc) is 2.85. The fraction of sp³-hybridized carbons (Fsp3) is 0.929. The highest BCUT2D eigenvalue weighted by Crippen LogP contribution is 2.07. The van der Waals surface area contributed by atoms with Gasteiger partial charge < -0.3 is 9.47 Å². The lowest BCUT2D eigenvalue weighted by Gasteiger charge is -2.04. The van der Waals surface area contributed by atoms with Crippen LogP contribution in [0.4, 0.5) is 0 Å². The van der Waals surface area contributed by atoms with Crippen LogP contribution < -0.4 is 0 Å². The molecule has 0 unspecified atom stereocenters. The van der Waals surface area contributed by atoms with E-state index in [4.69, 9.17) is 9.47 Å². The van der Waals surface area contributed by atoms with Gasteiger partial charge in [0.25, 0.3) is 0 Å². The molecule has 17 heavy (non-hydrogen) atoms. The van der Waals surface area contributed by atoms with Gasteiger partial charge in [0.15, 0.2) is 5.90 Å². The Bertz CT molecular complexity index is 204. The SMILES string of the molecule is CCCCCCCCCOCCC1=NCCO1. The lowest BCUT2D eigenvalue weighted by atomic mass is 10.1. The maximum Gasteiger partial charge on any atom is 0.185 e. The second-order valence-corrected chi connectivity index (χ2v) is 4.61. The molecule has 0 aromatic rings. The van der Waals surface area contributed by atoms with Crippen molar-refractivity contribution >= 4 is 5.90 Å². The molecular weight excluding hydrogens is 214 g/mol. The molecule has 0 aromatic heterocycles. The van der Waals surface area contributed by atoms with E-state index in [0.717, 1.165) is 38.7 Å². The average molecular weight is 241 g/mol. The molecule has 0 aliphatic carbocycles. The minimum absolute atomic E-state index is 0.757. The second kappa shape index (κ2) is 10.6. The summed E-state index contributed by atoms with van der Waals surface area (Å²) in [7, 11) is 0. The third-order valence-electron chi connectivity index (χ3n) is 3.00. The zero-order valence-electron chi connectivity index (χ0n) is 11.2. The predicted octanol–water partition coefficient (Wildman–Crippen LogP) is 3.57. The van der Waals surface area contributed by atoms with Crippen molar-refractivity contribution in [3.8, 4) is 0 Å². The molecule has 0 fully saturated rings. The Labute approximate surface area is 106 Å². The molecule has 100 valence electrons. The van der Waals surface area contributed by atoms with E-state index in [0.29, 0.717) is 0 Å². The molecule has 1 rings (SSSR count). The number of unbranched alkanes of at least 4 members (excludes halogenated alkanes) is 6. The van der Waals surface area contributed by atoms with Crippen LogP contribution in [0.3, 0.4) is 0 Å². The summed E-state index contributed by atoms with van der Waals surface area (Å²) in [4.78, 5) is 4.23. The molecule has 1 aliphatic rings. The van der Waals surface area contributed by atoms with Crippen molar-refractivity contribution < 1.29 is 9.47 Å². The third kappa shape index (κ3) is 8.19. The van der Waals surface area contributed by atoms with Crippen LogP contribution >= 0.6 is 0 Å². The Balaban J connectivity index is 1.72. The van der Waals surface area contributed by atoms with Gasteiger partial charge in [0.1, 0.15) is 6.61 Å². The minimum Gasteiger partial charge on any atom is -0.479 e. The first-order valence-corrected chi connectivity index (χ1v) is 7.17. The highest BCUT2D eigenvalue weighted by molar-refractivity contribution is 5.77. The van der Waals surface area contributed by atoms with Crippen LogP contribution in [0.1, 0.15) is 58.3 Å². The summed E-state index contributed by atoms with van der Waals surface area (Å²) in [5, 5.41) is 0. The molecular formula is C14H27NO2. The van der Waals surface area contributed by atoms with Crippen molar-refractivity contribution in [1.29, 1.82) is 0 Å². The maximum atomic E-state index is 5.56. The molecule has 0 amide bonds. The van der Waals surface area contributed by atoms with Gasteiger partial charge in [-0.05, 0) is 6.42 Å². The van der Waals surface area contributed by atoms with E-state index in [1.807, 2.05) is 0 Å². The van der Waals surface area contributed by atoms with E-state index in [1.165, 1.54) is 44.9 Å². The van der Waals surface area contributed by atoms with Crippen LogP contribution in [0.25, 0.3) is 0 Å². The largest absolute Gasteiger partial charge is 0.479 e. The molecule has 0 saturated carbocycles. The topological polar surface area (TPSA) is 30.8 Å². The van der Waals surface area contributed by atoms with Crippen molar-refractivity contribution in [2.75, 3.05) is 26.4 Å². The second-order valence-electron chi connectivity index (χ2n) is 4.61. The smallest absolute Gasteiger partial charge is 0.185 e. The van der Waals surface area contributed by atoms with Gasteiger partial charge in [0.2, 0.25) is 0 Å². The summed E-state index contributed by atoms with van der Waals surface area (Å²) >= 11 is 0. The number of aliphatic imine (C=N–C) groups is 1. The Morgan fingerprint density at radius 3 is 2.53 bits per heavy atom. The van der Waals surface area contributed by atoms with Gasteiger partial charge in [0.05, 0.1) is 13.2 Å². The molecule has 0 radical (unpaired) electrons. The Morgan fingerprint density at radius 1 is 1.06 bits per heavy atom. The van der Waals surface area contributed by atoms with Gasteiger partial charge in [-0.2, -0.15) is 0 Å². The summed E-state index contributed by atoms with van der Waals surface area (Å²) in [5.41, 5.74) is 0. The quantitative estimate of drug-likeness (QED) is 0.518. The van der Waals surface area contributed by atoms with Gasteiger partial charge in [-0.25, -0.2) is 0 Å². The molecule has 0 aromatic carbocycles. The lowest BCUT2D eigenvalue weighted by Crippen LogP contribution is -2.05. The van der Waals surface area contributed by atoms with Crippen LogP contribution in [-0.2, 0) is 9.47 Å². The van der Waals surface area contributed by atoms with Gasteiger partial charge in [-0.1, -0.05) is 45.4 Å². The van der Waals surface area contributed by atoms with Crippen LogP contribution in [0.15, 0.2) is 4.99 Å². The van der Waals surface area contributed by atoms with E-state index in [2.05, 4.69) is 11.9 Å². The molecule has 0 bridgehead atoms. The van der Waals surface area contributed by atoms with E-state index in [9.17, 15) is 0 Å². The molecule has 0 saturated heterocycles. The van der Waals surface area contributed by atoms with Crippen molar-refractivity contribution in [2.45, 2.75) is 58.3 Å². The van der Waals surface area contributed by atoms with E-state index < -0.39 is 0 Å². The summed E-state index contributed by atoms with van der Waals surface area (Å²) in [6.07, 6.45) is 10.2. The van der Waals surface area contributed by atoms with Gasteiger partial charge >= 0.3 is 0 Å². The van der Waals surface area contributed by atoms with Gasteiger partial charge in [-0.3, -0.25) is 4.99 Å². The molecule has 0 atom stereocenters. The van der Waals surface area contributed by atoms with Crippen LogP contribution in [0.2, 0.25) is 0 Å². The monoisotopic (exact) mass is 241 g/mol. The number of rotatable bonds is 11. The first-order valence-electron chi connectivity index (χ1n) is 7.17. The lowest BCUT2D eigenvalue weighted by molar-refractivity contribution is 0.133. The molecule has 1 aliphatic heterocycles. The fourth-order valence-electron chi connectivity index (χ4n) is 1.95. The number of hydrogen-bond acceptors (Lipinski definition) is 3. The van der Waals surface area contributed by atoms with Crippen LogP contribution in [0.5, 0.6) is 0 Å². The standard InChI is InChI=1S/C14H27NO2/c1-2-3-4-5-6-7-8-11-16-12-9-14-15-10-13-17-14/h2-13H2,1H3. The van der Waals surface area contributed by atoms with Crippen LogP contribution in [0, 0.1) is 0 Å². The van der Waals surface area contributed by atoms with E-state index >= 15 is 0 Å². The highest BCUT2D eigenvalue weighted by Gasteiger charge is 2.05. The number of ether oxygens (including phenoxy) is 2. The number of nitrogens with zero attached hydrogens (tertiary/aromatic N) is 1. The normalized spacial score (nSPS) is 14.8. The highest BCUT2D eigenvalue weighted by atomic mass is 16.5. The summed E-state index contributed by atoms with van der Waals surface area (Å²) in [5.74, 6) is 0.879. The Hall–Kier alpha value is -0.570. The third-order valence-corrected chi connectivity index (χ3v) is 3.00. The molecule has 3 nitrogen and oxygen atoms in total. The molecule has 0 spiro atoms. The van der Waals surface area contributed by atoms with Crippen molar-refractivity contribution in [3.63, 3.8) is 0 Å². The zero-order chi connectivity index (χ0) is 12.2. The maximum absolute atomic E-state index is 5.56. The first kappa shape index (κ1) is 14.5. The zero-order valence-corrected chi connectivity index (χ0v) is 11.2. The van der Waals surface area contributed by atoms with Gasteiger partial charge in [0, 0.05) is 13.0 Å². The van der Waals surface area contributed by atoms with E-state index in [1.54, 1.807) is 0 Å². The summed E-state index contributed by atoms with van der Waals surface area (Å²) in [6.45, 7) is 5.49. The minimum atomic E-state index is 0.757. The molecule has 1 heterocycles. The summed E-state index contributed by atoms with van der Waals surface area (Å²) < 4.78 is 10.9. The van der Waals surface area contributed by atoms with Crippen LogP contribution in [-0.4, -0.2) is 32.3 Å². The first-order chi connectivity index (χ1) is 8.43. The fourth-order valence-corrected chi connectivity index (χ4v) is 1.95. The Kier molecular flexibility index (Phi) is 9.01. The Morgan fingerprint density at radius 2 is 1.82 bits per heavy atom. The summed E-state index contributed by atoms with van der Waals surface area (Å²) in [6, 6.07) is 0. The predicted molar refractivity (Wildman–Crippen MR) is 71.7 cm³/mol. The van der Waals surface area contributed by atoms with Gasteiger partial charge in [-0.15, -0.1) is 0 Å². The molecule has 3 heteroatoms. The van der Waals surface area contributed by atoms with Crippen molar-refractivity contribution in [3.05, 3.63) is 0 Å². The number of hydrogen-bond donors (Lipinski definition) is 0. The molecule has 0 N–H and O–H groups in total. The van der Waals surface area contributed by atoms with Crippen molar-refractivity contribution in [2.24, 2.45) is 4.99 Å². The van der Waals surface area contributed by atoms with E-state index in [-0.39, 0.29) is 0 Å².